The van der Waals surface area contributed by atoms with Crippen molar-refractivity contribution in [3.05, 3.63) is 48.2 Å². The van der Waals surface area contributed by atoms with E-state index in [-0.39, 0.29) is 24.9 Å². The first kappa shape index (κ1) is 22.5. The number of fused-ring (bicyclic) bond motifs is 1. The summed E-state index contributed by atoms with van der Waals surface area (Å²) in [5.74, 6) is -0.499. The molecule has 2 saturated heterocycles. The lowest BCUT2D eigenvalue weighted by molar-refractivity contribution is -0.356. The molecule has 0 aliphatic carbocycles. The first-order chi connectivity index (χ1) is 14.3. The number of esters is 1. The number of hydrogen-bond acceptors (Lipinski definition) is 7. The Labute approximate surface area is 177 Å². The lowest BCUT2D eigenvalue weighted by Gasteiger charge is -2.55. The van der Waals surface area contributed by atoms with Gasteiger partial charge < -0.3 is 23.7 Å². The van der Waals surface area contributed by atoms with Gasteiger partial charge in [0.15, 0.2) is 6.29 Å². The third-order valence-corrected chi connectivity index (χ3v) is 5.47. The molecule has 0 N–H and O–H groups in total. The van der Waals surface area contributed by atoms with Crippen molar-refractivity contribution in [2.45, 2.75) is 70.2 Å². The van der Waals surface area contributed by atoms with E-state index >= 15 is 0 Å². The smallest absolute Gasteiger partial charge is 0.333 e. The quantitative estimate of drug-likeness (QED) is 0.381. The summed E-state index contributed by atoms with van der Waals surface area (Å²) in [6, 6.07) is 9.71. The Kier molecular flexibility index (Phi) is 6.95. The van der Waals surface area contributed by atoms with Crippen molar-refractivity contribution < 1.29 is 33.3 Å². The molecule has 2 heterocycles. The molecule has 2 aliphatic heterocycles. The van der Waals surface area contributed by atoms with Crippen LogP contribution in [0.15, 0.2) is 42.7 Å². The van der Waals surface area contributed by atoms with Gasteiger partial charge in [-0.05, 0) is 27.7 Å². The Hall–Kier alpha value is -2.22. The van der Waals surface area contributed by atoms with E-state index < -0.39 is 29.6 Å². The summed E-state index contributed by atoms with van der Waals surface area (Å²) in [5, 5.41) is 0. The maximum atomic E-state index is 11.9. The van der Waals surface area contributed by atoms with Gasteiger partial charge in [-0.15, -0.1) is 0 Å². The molecule has 164 valence electrons. The molecule has 0 amide bonds. The standard InChI is InChI=1S/C23H30O7/c1-5-26-20(25)11-12-27-18-13-19-23(4,30-22(18,3)14-16(2)24)15-28-21(29-19)17-9-7-6-8-10-17/h6-12,18-19,21H,5,13-15H2,1-4H3/b12-11+/t18-,19+,21-,22+,23-/m1/s1. The van der Waals surface area contributed by atoms with Crippen LogP contribution in [0.3, 0.4) is 0 Å². The molecule has 0 saturated carbocycles. The van der Waals surface area contributed by atoms with E-state index in [1.807, 2.05) is 44.2 Å². The summed E-state index contributed by atoms with van der Waals surface area (Å²) in [7, 11) is 0. The number of hydrogen-bond donors (Lipinski definition) is 0. The monoisotopic (exact) mass is 418 g/mol. The van der Waals surface area contributed by atoms with Gasteiger partial charge in [0.05, 0.1) is 31.7 Å². The van der Waals surface area contributed by atoms with Crippen LogP contribution < -0.4 is 0 Å². The van der Waals surface area contributed by atoms with Crippen LogP contribution in [0.2, 0.25) is 0 Å². The highest BCUT2D eigenvalue weighted by atomic mass is 16.7. The molecular formula is C23H30O7. The molecule has 0 radical (unpaired) electrons. The van der Waals surface area contributed by atoms with E-state index in [4.69, 9.17) is 23.7 Å². The molecule has 7 nitrogen and oxygen atoms in total. The van der Waals surface area contributed by atoms with Crippen molar-refractivity contribution in [1.82, 2.24) is 0 Å². The summed E-state index contributed by atoms with van der Waals surface area (Å²) in [6.45, 7) is 7.65. The third-order valence-electron chi connectivity index (χ3n) is 5.47. The fraction of sp³-hybridized carbons (Fsp3) is 0.565. The lowest BCUT2D eigenvalue weighted by Crippen LogP contribution is -2.65. The van der Waals surface area contributed by atoms with Gasteiger partial charge in [-0.25, -0.2) is 4.79 Å². The molecule has 5 atom stereocenters. The minimum Gasteiger partial charge on any atom is -0.495 e. The topological polar surface area (TPSA) is 80.3 Å². The van der Waals surface area contributed by atoms with Gasteiger partial charge in [0.25, 0.3) is 0 Å². The first-order valence-corrected chi connectivity index (χ1v) is 10.3. The number of Topliss-reactive ketones (excluding diaryl/α,β-unsaturated/α-hetero) is 1. The van der Waals surface area contributed by atoms with Gasteiger partial charge in [0, 0.05) is 18.4 Å². The Bertz CT molecular complexity index is 777. The molecule has 0 spiro atoms. The molecule has 2 aliphatic rings. The predicted octanol–water partition coefficient (Wildman–Crippen LogP) is 3.48. The van der Waals surface area contributed by atoms with Crippen molar-refractivity contribution in [3.63, 3.8) is 0 Å². The summed E-state index contributed by atoms with van der Waals surface area (Å²) < 4.78 is 29.4. The maximum Gasteiger partial charge on any atom is 0.333 e. The van der Waals surface area contributed by atoms with Gasteiger partial charge in [0.2, 0.25) is 0 Å². The fourth-order valence-electron chi connectivity index (χ4n) is 4.12. The van der Waals surface area contributed by atoms with Crippen LogP contribution in [-0.2, 0) is 33.3 Å². The number of rotatable bonds is 7. The predicted molar refractivity (Wildman–Crippen MR) is 108 cm³/mol. The zero-order chi connectivity index (χ0) is 21.8. The molecule has 3 rings (SSSR count). The van der Waals surface area contributed by atoms with Crippen LogP contribution in [0.1, 0.15) is 52.4 Å². The van der Waals surface area contributed by atoms with E-state index in [2.05, 4.69) is 0 Å². The molecule has 30 heavy (non-hydrogen) atoms. The number of benzene rings is 1. The van der Waals surface area contributed by atoms with Crippen molar-refractivity contribution in [2.24, 2.45) is 0 Å². The van der Waals surface area contributed by atoms with Crippen LogP contribution in [-0.4, -0.2) is 48.4 Å². The zero-order valence-corrected chi connectivity index (χ0v) is 18.0. The molecule has 0 bridgehead atoms. The van der Waals surface area contributed by atoms with Gasteiger partial charge in [-0.1, -0.05) is 30.3 Å². The van der Waals surface area contributed by atoms with Crippen molar-refractivity contribution >= 4 is 11.8 Å². The zero-order valence-electron chi connectivity index (χ0n) is 18.0. The highest BCUT2D eigenvalue weighted by molar-refractivity contribution is 5.81. The van der Waals surface area contributed by atoms with Gasteiger partial charge in [0.1, 0.15) is 23.1 Å². The van der Waals surface area contributed by atoms with Crippen LogP contribution >= 0.6 is 0 Å². The van der Waals surface area contributed by atoms with E-state index in [0.29, 0.717) is 13.0 Å². The Morgan fingerprint density at radius 1 is 1.23 bits per heavy atom. The van der Waals surface area contributed by atoms with E-state index in [1.54, 1.807) is 6.92 Å². The molecule has 7 heteroatoms. The average molecular weight is 418 g/mol. The van der Waals surface area contributed by atoms with Crippen molar-refractivity contribution in [3.8, 4) is 0 Å². The van der Waals surface area contributed by atoms with Crippen LogP contribution in [0, 0.1) is 0 Å². The van der Waals surface area contributed by atoms with Crippen molar-refractivity contribution in [2.75, 3.05) is 13.2 Å². The Balaban J connectivity index is 1.78. The number of ketones is 1. The lowest BCUT2D eigenvalue weighted by atomic mass is 9.79. The Morgan fingerprint density at radius 3 is 2.63 bits per heavy atom. The van der Waals surface area contributed by atoms with Gasteiger partial charge in [-0.2, -0.15) is 0 Å². The number of carbonyl (C=O) groups is 2. The summed E-state index contributed by atoms with van der Waals surface area (Å²) in [4.78, 5) is 23.5. The molecule has 2 fully saturated rings. The largest absolute Gasteiger partial charge is 0.495 e. The molecule has 1 aromatic carbocycles. The van der Waals surface area contributed by atoms with Crippen LogP contribution in [0.25, 0.3) is 0 Å². The summed E-state index contributed by atoms with van der Waals surface area (Å²) in [5.41, 5.74) is -0.681. The fourth-order valence-corrected chi connectivity index (χ4v) is 4.12. The van der Waals surface area contributed by atoms with E-state index in [1.165, 1.54) is 19.3 Å². The SMILES string of the molecule is CCOC(=O)/C=C/O[C@@H]1C[C@@H]2O[C@H](c3ccccc3)OC[C@@]2(C)O[C@@]1(C)CC(C)=O. The van der Waals surface area contributed by atoms with Crippen LogP contribution in [0.4, 0.5) is 0 Å². The molecule has 0 aromatic heterocycles. The van der Waals surface area contributed by atoms with Gasteiger partial charge in [-0.3, -0.25) is 4.79 Å². The maximum absolute atomic E-state index is 11.9. The highest BCUT2D eigenvalue weighted by Crippen LogP contribution is 2.45. The number of ether oxygens (including phenoxy) is 5. The molecular weight excluding hydrogens is 388 g/mol. The first-order valence-electron chi connectivity index (χ1n) is 10.3. The molecule has 1 aromatic rings. The second-order valence-electron chi connectivity index (χ2n) is 8.20. The number of carbonyl (C=O) groups excluding carboxylic acids is 2. The van der Waals surface area contributed by atoms with E-state index in [9.17, 15) is 9.59 Å². The third kappa shape index (κ3) is 5.09. The van der Waals surface area contributed by atoms with Crippen LogP contribution in [0.5, 0.6) is 0 Å². The highest BCUT2D eigenvalue weighted by Gasteiger charge is 2.56. The molecule has 0 unspecified atom stereocenters. The normalized spacial score (nSPS) is 33.7. The minimum absolute atomic E-state index is 0.0117. The van der Waals surface area contributed by atoms with E-state index in [0.717, 1.165) is 5.56 Å². The second kappa shape index (κ2) is 9.29. The Morgan fingerprint density at radius 2 is 1.97 bits per heavy atom. The van der Waals surface area contributed by atoms with Gasteiger partial charge >= 0.3 is 5.97 Å². The summed E-state index contributed by atoms with van der Waals surface area (Å²) >= 11 is 0. The summed E-state index contributed by atoms with van der Waals surface area (Å²) in [6.07, 6.45) is 1.90. The second-order valence-corrected chi connectivity index (χ2v) is 8.20. The minimum atomic E-state index is -0.887. The van der Waals surface area contributed by atoms with Crippen molar-refractivity contribution in [1.29, 1.82) is 0 Å². The average Bonchev–Trinajstić information content (AvgIpc) is 2.68.